The number of rotatable bonds is 5. The summed E-state index contributed by atoms with van der Waals surface area (Å²) in [5.74, 6) is 0.876. The lowest BCUT2D eigenvalue weighted by Gasteiger charge is -2.33. The molecule has 0 amide bonds. The van der Waals surface area contributed by atoms with E-state index in [4.69, 9.17) is 5.73 Å². The molecule has 2 rings (SSSR count). The number of nitrogen functional groups attached to an aromatic ring is 1. The summed E-state index contributed by atoms with van der Waals surface area (Å²) in [6.45, 7) is 5.70. The van der Waals surface area contributed by atoms with Crippen molar-refractivity contribution in [2.75, 3.05) is 30.7 Å². The zero-order chi connectivity index (χ0) is 13.7. The van der Waals surface area contributed by atoms with Crippen LogP contribution in [0.4, 0.5) is 11.5 Å². The highest BCUT2D eigenvalue weighted by molar-refractivity contribution is 9.10. The fourth-order valence-electron chi connectivity index (χ4n) is 2.56. The minimum Gasteiger partial charge on any atom is -0.397 e. The molecule has 1 fully saturated rings. The molecule has 1 aromatic heterocycles. The van der Waals surface area contributed by atoms with Gasteiger partial charge in [-0.2, -0.15) is 0 Å². The lowest BCUT2D eigenvalue weighted by molar-refractivity contribution is 0.160. The highest BCUT2D eigenvalue weighted by Crippen LogP contribution is 2.21. The van der Waals surface area contributed by atoms with Crippen LogP contribution in [0.1, 0.15) is 32.6 Å². The van der Waals surface area contributed by atoms with Crippen molar-refractivity contribution >= 4 is 27.4 Å². The average Bonchev–Trinajstić information content (AvgIpc) is 2.38. The number of hydrogen-bond acceptors (Lipinski definition) is 4. The SMILES string of the molecule is CC1CCCCN1CCCNc1ncc(N)cc1Br. The molecule has 4 nitrogen and oxygen atoms in total. The first-order chi connectivity index (χ1) is 9.16. The van der Waals surface area contributed by atoms with Crippen molar-refractivity contribution < 1.29 is 0 Å². The summed E-state index contributed by atoms with van der Waals surface area (Å²) in [6, 6.07) is 2.62. The van der Waals surface area contributed by atoms with Crippen LogP contribution in [-0.2, 0) is 0 Å². The molecule has 2 heterocycles. The lowest BCUT2D eigenvalue weighted by Crippen LogP contribution is -2.38. The summed E-state index contributed by atoms with van der Waals surface area (Å²) in [7, 11) is 0. The van der Waals surface area contributed by atoms with E-state index >= 15 is 0 Å². The smallest absolute Gasteiger partial charge is 0.140 e. The summed E-state index contributed by atoms with van der Waals surface area (Å²) in [5, 5.41) is 3.35. The van der Waals surface area contributed by atoms with Gasteiger partial charge < -0.3 is 16.0 Å². The molecule has 0 bridgehead atoms. The van der Waals surface area contributed by atoms with Crippen LogP contribution in [0, 0.1) is 0 Å². The van der Waals surface area contributed by atoms with Gasteiger partial charge in [-0.15, -0.1) is 0 Å². The number of halogens is 1. The van der Waals surface area contributed by atoms with Crippen molar-refractivity contribution in [2.24, 2.45) is 0 Å². The van der Waals surface area contributed by atoms with Gasteiger partial charge in [0.25, 0.3) is 0 Å². The van der Waals surface area contributed by atoms with Crippen LogP contribution >= 0.6 is 15.9 Å². The minimum absolute atomic E-state index is 0.680. The fourth-order valence-corrected chi connectivity index (χ4v) is 3.07. The van der Waals surface area contributed by atoms with Gasteiger partial charge in [-0.3, -0.25) is 0 Å². The van der Waals surface area contributed by atoms with E-state index in [1.807, 2.05) is 6.07 Å². The maximum Gasteiger partial charge on any atom is 0.140 e. The Labute approximate surface area is 123 Å². The van der Waals surface area contributed by atoms with Gasteiger partial charge in [-0.05, 0) is 54.7 Å². The molecule has 0 radical (unpaired) electrons. The first-order valence-electron chi connectivity index (χ1n) is 7.06. The molecule has 1 atom stereocenters. The zero-order valence-electron chi connectivity index (χ0n) is 11.5. The van der Waals surface area contributed by atoms with E-state index in [0.29, 0.717) is 5.69 Å². The van der Waals surface area contributed by atoms with Crippen molar-refractivity contribution in [3.63, 3.8) is 0 Å². The van der Waals surface area contributed by atoms with Gasteiger partial charge in [0.2, 0.25) is 0 Å². The Morgan fingerprint density at radius 2 is 2.37 bits per heavy atom. The molecule has 1 unspecified atom stereocenters. The standard InChI is InChI=1S/C14H23BrN4/c1-11-5-2-3-7-19(11)8-4-6-17-14-13(15)9-12(16)10-18-14/h9-11H,2-8,16H2,1H3,(H,17,18). The number of piperidine rings is 1. The predicted octanol–water partition coefficient (Wildman–Crippen LogP) is 3.10. The molecule has 1 aromatic rings. The molecule has 0 saturated carbocycles. The molecule has 0 aliphatic carbocycles. The van der Waals surface area contributed by atoms with E-state index in [1.165, 1.54) is 32.4 Å². The Hall–Kier alpha value is -0.810. The molecular formula is C14H23BrN4. The number of likely N-dealkylation sites (tertiary alicyclic amines) is 1. The number of nitrogens with two attached hydrogens (primary N) is 1. The Balaban J connectivity index is 1.71. The van der Waals surface area contributed by atoms with E-state index in [-0.39, 0.29) is 0 Å². The molecule has 19 heavy (non-hydrogen) atoms. The first kappa shape index (κ1) is 14.6. The average molecular weight is 327 g/mol. The monoisotopic (exact) mass is 326 g/mol. The van der Waals surface area contributed by atoms with Crippen LogP contribution in [-0.4, -0.2) is 35.6 Å². The van der Waals surface area contributed by atoms with Crippen LogP contribution in [0.3, 0.4) is 0 Å². The van der Waals surface area contributed by atoms with Gasteiger partial charge >= 0.3 is 0 Å². The summed E-state index contributed by atoms with van der Waals surface area (Å²) in [6.07, 6.45) is 6.90. The number of hydrogen-bond donors (Lipinski definition) is 2. The van der Waals surface area contributed by atoms with E-state index in [2.05, 4.69) is 38.1 Å². The maximum atomic E-state index is 5.67. The minimum atomic E-state index is 0.680. The van der Waals surface area contributed by atoms with Crippen molar-refractivity contribution in [2.45, 2.75) is 38.6 Å². The number of nitrogens with zero attached hydrogens (tertiary/aromatic N) is 2. The second kappa shape index (κ2) is 7.10. The largest absolute Gasteiger partial charge is 0.397 e. The van der Waals surface area contributed by atoms with Crippen LogP contribution < -0.4 is 11.1 Å². The van der Waals surface area contributed by atoms with Gasteiger partial charge in [0.1, 0.15) is 5.82 Å². The molecule has 0 spiro atoms. The van der Waals surface area contributed by atoms with Gasteiger partial charge in [0, 0.05) is 19.1 Å². The highest BCUT2D eigenvalue weighted by atomic mass is 79.9. The first-order valence-corrected chi connectivity index (χ1v) is 7.85. The van der Waals surface area contributed by atoms with Crippen LogP contribution in [0.25, 0.3) is 0 Å². The highest BCUT2D eigenvalue weighted by Gasteiger charge is 2.17. The second-order valence-corrected chi connectivity index (χ2v) is 6.11. The van der Waals surface area contributed by atoms with Gasteiger partial charge in [-0.1, -0.05) is 6.42 Å². The Bertz CT molecular complexity index is 410. The quantitative estimate of drug-likeness (QED) is 0.816. The third kappa shape index (κ3) is 4.35. The maximum absolute atomic E-state index is 5.67. The van der Waals surface area contributed by atoms with Crippen molar-refractivity contribution in [1.29, 1.82) is 0 Å². The molecule has 106 valence electrons. The Morgan fingerprint density at radius 1 is 1.53 bits per heavy atom. The number of pyridine rings is 1. The molecule has 1 aliphatic heterocycles. The van der Waals surface area contributed by atoms with Gasteiger partial charge in [0.05, 0.1) is 16.4 Å². The zero-order valence-corrected chi connectivity index (χ0v) is 13.1. The van der Waals surface area contributed by atoms with Crippen molar-refractivity contribution in [3.8, 4) is 0 Å². The fraction of sp³-hybridized carbons (Fsp3) is 0.643. The van der Waals surface area contributed by atoms with E-state index in [9.17, 15) is 0 Å². The molecule has 1 saturated heterocycles. The van der Waals surface area contributed by atoms with Crippen LogP contribution in [0.5, 0.6) is 0 Å². The summed E-state index contributed by atoms with van der Waals surface area (Å²) in [4.78, 5) is 6.87. The summed E-state index contributed by atoms with van der Waals surface area (Å²) >= 11 is 3.47. The Morgan fingerprint density at radius 3 is 3.11 bits per heavy atom. The molecule has 0 aromatic carbocycles. The number of aromatic nitrogens is 1. The van der Waals surface area contributed by atoms with Crippen molar-refractivity contribution in [1.82, 2.24) is 9.88 Å². The third-order valence-corrected chi connectivity index (χ3v) is 4.32. The Kier molecular flexibility index (Phi) is 5.45. The summed E-state index contributed by atoms with van der Waals surface area (Å²) in [5.41, 5.74) is 6.35. The molecule has 5 heteroatoms. The predicted molar refractivity (Wildman–Crippen MR) is 84.3 cm³/mol. The molecule has 3 N–H and O–H groups in total. The normalized spacial score (nSPS) is 20.4. The van der Waals surface area contributed by atoms with E-state index in [0.717, 1.165) is 29.3 Å². The molecular weight excluding hydrogens is 304 g/mol. The van der Waals surface area contributed by atoms with Gasteiger partial charge in [0.15, 0.2) is 0 Å². The number of anilines is 2. The lowest BCUT2D eigenvalue weighted by atomic mass is 10.0. The second-order valence-electron chi connectivity index (χ2n) is 5.26. The van der Waals surface area contributed by atoms with E-state index in [1.54, 1.807) is 6.20 Å². The summed E-state index contributed by atoms with van der Waals surface area (Å²) < 4.78 is 0.929. The number of nitrogens with one attached hydrogen (secondary N) is 1. The topological polar surface area (TPSA) is 54.2 Å². The van der Waals surface area contributed by atoms with E-state index < -0.39 is 0 Å². The third-order valence-electron chi connectivity index (χ3n) is 3.72. The van der Waals surface area contributed by atoms with Gasteiger partial charge in [-0.25, -0.2) is 4.98 Å². The van der Waals surface area contributed by atoms with Crippen LogP contribution in [0.15, 0.2) is 16.7 Å². The van der Waals surface area contributed by atoms with Crippen molar-refractivity contribution in [3.05, 3.63) is 16.7 Å². The molecule has 1 aliphatic rings. The van der Waals surface area contributed by atoms with Crippen LogP contribution in [0.2, 0.25) is 0 Å².